The van der Waals surface area contributed by atoms with Crippen molar-refractivity contribution in [3.63, 3.8) is 0 Å². The highest BCUT2D eigenvalue weighted by Gasteiger charge is 2.17. The molecule has 0 bridgehead atoms. The van der Waals surface area contributed by atoms with Crippen molar-refractivity contribution >= 4 is 22.9 Å². The van der Waals surface area contributed by atoms with Gasteiger partial charge in [-0.15, -0.1) is 0 Å². The molecule has 2 heterocycles. The number of ether oxygens (including phenoxy) is 2. The van der Waals surface area contributed by atoms with E-state index >= 15 is 0 Å². The van der Waals surface area contributed by atoms with E-state index in [1.807, 2.05) is 59.1 Å². The van der Waals surface area contributed by atoms with Gasteiger partial charge in [-0.05, 0) is 41.8 Å². The first-order chi connectivity index (χ1) is 19.0. The van der Waals surface area contributed by atoms with E-state index in [1.54, 1.807) is 44.6 Å². The Morgan fingerprint density at radius 1 is 0.897 bits per heavy atom. The van der Waals surface area contributed by atoms with Crippen molar-refractivity contribution in [3.8, 4) is 33.9 Å². The number of nitrogens with zero attached hydrogens (tertiary/aromatic N) is 3. The molecule has 0 aliphatic carbocycles. The highest BCUT2D eigenvalue weighted by molar-refractivity contribution is 5.91. The van der Waals surface area contributed by atoms with Gasteiger partial charge in [-0.2, -0.15) is 0 Å². The zero-order valence-electron chi connectivity index (χ0n) is 21.5. The molecule has 3 aromatic carbocycles. The van der Waals surface area contributed by atoms with Crippen molar-refractivity contribution < 1.29 is 19.2 Å². The lowest BCUT2D eigenvalue weighted by Crippen LogP contribution is -2.13. The van der Waals surface area contributed by atoms with Crippen molar-refractivity contribution in [1.29, 1.82) is 0 Å². The fourth-order valence-corrected chi connectivity index (χ4v) is 4.50. The Bertz CT molecular complexity index is 1660. The topological polar surface area (TPSA) is 108 Å². The molecule has 9 heteroatoms. The summed E-state index contributed by atoms with van der Waals surface area (Å²) in [6.07, 6.45) is 2.54. The van der Waals surface area contributed by atoms with E-state index in [0.29, 0.717) is 23.6 Å². The molecule has 9 nitrogen and oxygen atoms in total. The molecule has 39 heavy (non-hydrogen) atoms. The van der Waals surface area contributed by atoms with E-state index in [-0.39, 0.29) is 18.0 Å². The third-order valence-corrected chi connectivity index (χ3v) is 6.41. The molecular formula is C30H26N4O5. The maximum absolute atomic E-state index is 13.0. The summed E-state index contributed by atoms with van der Waals surface area (Å²) < 4.78 is 12.6. The number of anilines is 1. The van der Waals surface area contributed by atoms with Gasteiger partial charge in [-0.3, -0.25) is 14.9 Å². The Kier molecular flexibility index (Phi) is 7.22. The second kappa shape index (κ2) is 11.1. The van der Waals surface area contributed by atoms with E-state index in [1.165, 1.54) is 6.07 Å². The smallest absolute Gasteiger partial charge is 0.270 e. The molecular weight excluding hydrogens is 496 g/mol. The van der Waals surface area contributed by atoms with Gasteiger partial charge in [0.1, 0.15) is 5.65 Å². The quantitative estimate of drug-likeness (QED) is 0.183. The van der Waals surface area contributed by atoms with Gasteiger partial charge in [0.25, 0.3) is 5.69 Å². The van der Waals surface area contributed by atoms with Gasteiger partial charge in [-0.1, -0.05) is 42.5 Å². The Morgan fingerprint density at radius 3 is 2.41 bits per heavy atom. The number of aryl methyl sites for hydroxylation is 1. The summed E-state index contributed by atoms with van der Waals surface area (Å²) >= 11 is 0. The normalized spacial score (nSPS) is 10.8. The number of hydrogen-bond acceptors (Lipinski definition) is 6. The lowest BCUT2D eigenvalue weighted by atomic mass is 10.1. The maximum atomic E-state index is 13.0. The SMILES string of the molecule is COc1ccc(NC(=O)CCc2c(-c3ccccc3)nc3ccc(-c4cccc([N+](=O)[O-])c4)cn23)cc1OC. The molecule has 2 aromatic heterocycles. The summed E-state index contributed by atoms with van der Waals surface area (Å²) in [7, 11) is 3.10. The molecule has 0 radical (unpaired) electrons. The number of nitro benzene ring substituents is 1. The standard InChI is InChI=1S/C30H26N4O5/c1-38-26-14-12-23(18-27(26)39-2)31-29(35)16-13-25-30(20-7-4-3-5-8-20)32-28-15-11-22(19-33(25)28)21-9-6-10-24(17-21)34(36)37/h3-12,14-15,17-19H,13,16H2,1-2H3,(H,31,35). The second-order valence-electron chi connectivity index (χ2n) is 8.84. The molecule has 0 saturated heterocycles. The molecule has 0 aliphatic rings. The average molecular weight is 523 g/mol. The van der Waals surface area contributed by atoms with E-state index in [2.05, 4.69) is 5.32 Å². The summed E-state index contributed by atoms with van der Waals surface area (Å²) in [6, 6.07) is 25.3. The summed E-state index contributed by atoms with van der Waals surface area (Å²) in [5.74, 6) is 0.941. The molecule has 0 aliphatic heterocycles. The molecule has 0 spiro atoms. The molecule has 0 unspecified atom stereocenters. The first-order valence-corrected chi connectivity index (χ1v) is 12.3. The van der Waals surface area contributed by atoms with Crippen LogP contribution < -0.4 is 14.8 Å². The van der Waals surface area contributed by atoms with Gasteiger partial charge in [0, 0.05) is 42.1 Å². The largest absolute Gasteiger partial charge is 0.493 e. The third-order valence-electron chi connectivity index (χ3n) is 6.41. The number of amides is 1. The van der Waals surface area contributed by atoms with Gasteiger partial charge in [0.05, 0.1) is 30.5 Å². The zero-order chi connectivity index (χ0) is 27.4. The van der Waals surface area contributed by atoms with Crippen molar-refractivity contribution in [2.45, 2.75) is 12.8 Å². The van der Waals surface area contributed by atoms with E-state index in [9.17, 15) is 14.9 Å². The number of aromatic nitrogens is 2. The summed E-state index contributed by atoms with van der Waals surface area (Å²) in [5.41, 5.74) is 5.46. The fraction of sp³-hybridized carbons (Fsp3) is 0.133. The lowest BCUT2D eigenvalue weighted by molar-refractivity contribution is -0.384. The van der Waals surface area contributed by atoms with E-state index in [4.69, 9.17) is 14.5 Å². The molecule has 0 atom stereocenters. The predicted molar refractivity (Wildman–Crippen MR) is 149 cm³/mol. The Labute approximate surface area is 224 Å². The van der Waals surface area contributed by atoms with Crippen LogP contribution in [0.25, 0.3) is 28.0 Å². The highest BCUT2D eigenvalue weighted by Crippen LogP contribution is 2.31. The van der Waals surface area contributed by atoms with Crippen LogP contribution >= 0.6 is 0 Å². The number of methoxy groups -OCH3 is 2. The number of hydrogen-bond donors (Lipinski definition) is 1. The van der Waals surface area contributed by atoms with E-state index in [0.717, 1.165) is 33.7 Å². The van der Waals surface area contributed by atoms with Crippen LogP contribution in [-0.4, -0.2) is 34.4 Å². The predicted octanol–water partition coefficient (Wildman–Crippen LogP) is 6.17. The number of benzene rings is 3. The number of imidazole rings is 1. The number of carbonyl (C=O) groups excluding carboxylic acids is 1. The monoisotopic (exact) mass is 522 g/mol. The molecule has 5 rings (SSSR count). The van der Waals surface area contributed by atoms with Crippen LogP contribution in [0.1, 0.15) is 12.1 Å². The average Bonchev–Trinajstić information content (AvgIpc) is 3.34. The number of pyridine rings is 1. The number of fused-ring (bicyclic) bond motifs is 1. The summed E-state index contributed by atoms with van der Waals surface area (Å²) in [6.45, 7) is 0. The lowest BCUT2D eigenvalue weighted by Gasteiger charge is -2.11. The highest BCUT2D eigenvalue weighted by atomic mass is 16.6. The van der Waals surface area contributed by atoms with Gasteiger partial charge < -0.3 is 19.2 Å². The molecule has 5 aromatic rings. The van der Waals surface area contributed by atoms with Gasteiger partial charge in [0.2, 0.25) is 5.91 Å². The molecule has 0 fully saturated rings. The molecule has 0 saturated carbocycles. The van der Waals surface area contributed by atoms with Crippen LogP contribution in [0.15, 0.2) is 91.1 Å². The molecule has 1 N–H and O–H groups in total. The number of rotatable bonds is 9. The second-order valence-corrected chi connectivity index (χ2v) is 8.84. The van der Waals surface area contributed by atoms with Crippen LogP contribution in [0.3, 0.4) is 0 Å². The number of nitrogens with one attached hydrogen (secondary N) is 1. The van der Waals surface area contributed by atoms with Crippen LogP contribution in [0.5, 0.6) is 11.5 Å². The Balaban J connectivity index is 1.47. The van der Waals surface area contributed by atoms with Gasteiger partial charge in [0.15, 0.2) is 11.5 Å². The van der Waals surface area contributed by atoms with Crippen LogP contribution in [-0.2, 0) is 11.2 Å². The maximum Gasteiger partial charge on any atom is 0.270 e. The summed E-state index contributed by atoms with van der Waals surface area (Å²) in [5, 5.41) is 14.2. The number of nitro groups is 1. The first kappa shape index (κ1) is 25.5. The van der Waals surface area contributed by atoms with Gasteiger partial charge >= 0.3 is 0 Å². The van der Waals surface area contributed by atoms with Crippen molar-refractivity contribution in [2.75, 3.05) is 19.5 Å². The van der Waals surface area contributed by atoms with Crippen molar-refractivity contribution in [1.82, 2.24) is 9.38 Å². The minimum Gasteiger partial charge on any atom is -0.493 e. The number of non-ortho nitro benzene ring substituents is 1. The van der Waals surface area contributed by atoms with Crippen LogP contribution in [0.4, 0.5) is 11.4 Å². The molecule has 1 amide bonds. The molecule has 196 valence electrons. The number of carbonyl (C=O) groups is 1. The minimum absolute atomic E-state index is 0.0234. The van der Waals surface area contributed by atoms with Gasteiger partial charge in [-0.25, -0.2) is 4.98 Å². The fourth-order valence-electron chi connectivity index (χ4n) is 4.50. The Morgan fingerprint density at radius 2 is 1.67 bits per heavy atom. The Hall–Kier alpha value is -5.18. The van der Waals surface area contributed by atoms with Crippen molar-refractivity contribution in [2.24, 2.45) is 0 Å². The van der Waals surface area contributed by atoms with Crippen LogP contribution in [0.2, 0.25) is 0 Å². The summed E-state index contributed by atoms with van der Waals surface area (Å²) in [4.78, 5) is 28.7. The first-order valence-electron chi connectivity index (χ1n) is 12.3. The van der Waals surface area contributed by atoms with Crippen LogP contribution in [0, 0.1) is 10.1 Å². The minimum atomic E-state index is -0.408. The van der Waals surface area contributed by atoms with E-state index < -0.39 is 4.92 Å². The van der Waals surface area contributed by atoms with Crippen molar-refractivity contribution in [3.05, 3.63) is 107 Å². The third kappa shape index (κ3) is 5.42. The zero-order valence-corrected chi connectivity index (χ0v) is 21.5.